The van der Waals surface area contributed by atoms with Gasteiger partial charge in [-0.2, -0.15) is 0 Å². The first-order valence-corrected chi connectivity index (χ1v) is 10.4. The first kappa shape index (κ1) is 22.1. The number of carbonyl (C=O) groups excluding carboxylic acids is 3. The maximum Gasteiger partial charge on any atom is 0.338 e. The minimum absolute atomic E-state index is 0.0521. The number of nitrogens with zero attached hydrogens (tertiary/aromatic N) is 3. The van der Waals surface area contributed by atoms with E-state index in [4.69, 9.17) is 16.3 Å². The molecule has 1 atom stereocenters. The topological polar surface area (TPSA) is 82.2 Å². The number of ether oxygens (including phenoxy) is 1. The monoisotopic (exact) mass is 434 g/mol. The van der Waals surface area contributed by atoms with Crippen molar-refractivity contribution in [3.63, 3.8) is 0 Å². The molecule has 1 N–H and O–H groups in total. The van der Waals surface area contributed by atoms with Gasteiger partial charge in [0.25, 0.3) is 0 Å². The van der Waals surface area contributed by atoms with Gasteiger partial charge in [0.2, 0.25) is 5.91 Å². The van der Waals surface area contributed by atoms with Crippen LogP contribution in [0, 0.1) is 0 Å². The Kier molecular flexibility index (Phi) is 6.99. The molecule has 0 saturated carbocycles. The fraction of sp³-hybridized carbons (Fsp3) is 0.476. The predicted molar refractivity (Wildman–Crippen MR) is 113 cm³/mol. The van der Waals surface area contributed by atoms with Crippen molar-refractivity contribution in [3.8, 4) is 0 Å². The Morgan fingerprint density at radius 1 is 1.23 bits per heavy atom. The number of piperazine rings is 1. The summed E-state index contributed by atoms with van der Waals surface area (Å²) in [7, 11) is 1.64. The van der Waals surface area contributed by atoms with Gasteiger partial charge in [-0.05, 0) is 24.6 Å². The van der Waals surface area contributed by atoms with E-state index in [1.165, 1.54) is 4.90 Å². The Morgan fingerprint density at radius 3 is 2.53 bits per heavy atom. The summed E-state index contributed by atoms with van der Waals surface area (Å²) in [6.45, 7) is 6.50. The molecule has 3 rings (SSSR count). The van der Waals surface area contributed by atoms with E-state index < -0.39 is 12.0 Å². The summed E-state index contributed by atoms with van der Waals surface area (Å²) >= 11 is 6.15. The van der Waals surface area contributed by atoms with Gasteiger partial charge in [0.1, 0.15) is 0 Å². The molecule has 162 valence electrons. The van der Waals surface area contributed by atoms with Crippen LogP contribution in [0.4, 0.5) is 4.79 Å². The molecule has 0 bridgehead atoms. The van der Waals surface area contributed by atoms with Gasteiger partial charge >= 0.3 is 12.0 Å². The summed E-state index contributed by atoms with van der Waals surface area (Å²) in [6, 6.07) is 6.13. The number of carbonyl (C=O) groups is 3. The molecule has 0 spiro atoms. The van der Waals surface area contributed by atoms with Crippen molar-refractivity contribution in [1.29, 1.82) is 0 Å². The lowest BCUT2D eigenvalue weighted by Crippen LogP contribution is -2.52. The molecule has 0 aliphatic carbocycles. The number of halogens is 1. The normalized spacial score (nSPS) is 20.3. The summed E-state index contributed by atoms with van der Waals surface area (Å²) in [6.07, 6.45) is 0. The zero-order valence-electron chi connectivity index (χ0n) is 17.5. The number of benzene rings is 1. The van der Waals surface area contributed by atoms with Gasteiger partial charge in [-0.3, -0.25) is 14.6 Å². The van der Waals surface area contributed by atoms with Crippen molar-refractivity contribution < 1.29 is 19.1 Å². The molecule has 0 radical (unpaired) electrons. The first-order chi connectivity index (χ1) is 14.3. The van der Waals surface area contributed by atoms with Crippen LogP contribution in [0.15, 0.2) is 35.5 Å². The number of urea groups is 1. The second kappa shape index (κ2) is 9.49. The maximum atomic E-state index is 12.9. The van der Waals surface area contributed by atoms with Crippen molar-refractivity contribution in [2.24, 2.45) is 0 Å². The Bertz CT molecular complexity index is 864. The van der Waals surface area contributed by atoms with Crippen LogP contribution in [-0.4, -0.2) is 79.0 Å². The second-order valence-corrected chi connectivity index (χ2v) is 7.80. The molecular weight excluding hydrogens is 408 g/mol. The van der Waals surface area contributed by atoms with Crippen LogP contribution < -0.4 is 5.32 Å². The molecule has 1 aromatic rings. The third-order valence-corrected chi connectivity index (χ3v) is 5.68. The van der Waals surface area contributed by atoms with Crippen molar-refractivity contribution in [1.82, 2.24) is 20.0 Å². The van der Waals surface area contributed by atoms with Crippen molar-refractivity contribution in [3.05, 3.63) is 46.1 Å². The van der Waals surface area contributed by atoms with E-state index in [0.29, 0.717) is 54.6 Å². The van der Waals surface area contributed by atoms with Crippen LogP contribution in [0.1, 0.15) is 25.5 Å². The number of rotatable bonds is 5. The van der Waals surface area contributed by atoms with Gasteiger partial charge in [-0.25, -0.2) is 9.59 Å². The zero-order valence-corrected chi connectivity index (χ0v) is 18.2. The smallest absolute Gasteiger partial charge is 0.338 e. The lowest BCUT2D eigenvalue weighted by atomic mass is 9.94. The standard InChI is InChI=1S/C21H27ClN4O4/c1-4-30-20(28)18-17(13-25-8-10-26(11-9-25)14(2)27)24(3)21(29)23-19(18)15-6-5-7-16(22)12-15/h5-7,12,19H,4,8-11,13H2,1-3H3,(H,23,29). The van der Waals surface area contributed by atoms with E-state index in [9.17, 15) is 14.4 Å². The highest BCUT2D eigenvalue weighted by molar-refractivity contribution is 6.30. The van der Waals surface area contributed by atoms with E-state index in [2.05, 4.69) is 10.2 Å². The number of esters is 1. The summed E-state index contributed by atoms with van der Waals surface area (Å²) in [5.74, 6) is -0.414. The van der Waals surface area contributed by atoms with Gasteiger partial charge in [0, 0.05) is 57.4 Å². The van der Waals surface area contributed by atoms with Gasteiger partial charge in [-0.15, -0.1) is 0 Å². The number of hydrogen-bond donors (Lipinski definition) is 1. The zero-order chi connectivity index (χ0) is 21.8. The van der Waals surface area contributed by atoms with Crippen molar-refractivity contribution in [2.45, 2.75) is 19.9 Å². The minimum Gasteiger partial charge on any atom is -0.463 e. The summed E-state index contributed by atoms with van der Waals surface area (Å²) in [5.41, 5.74) is 1.71. The molecule has 9 heteroatoms. The van der Waals surface area contributed by atoms with Crippen LogP contribution in [-0.2, 0) is 14.3 Å². The summed E-state index contributed by atoms with van der Waals surface area (Å²) < 4.78 is 5.34. The maximum absolute atomic E-state index is 12.9. The fourth-order valence-electron chi connectivity index (χ4n) is 3.77. The molecule has 3 amide bonds. The predicted octanol–water partition coefficient (Wildman–Crippen LogP) is 2.02. The average Bonchev–Trinajstić information content (AvgIpc) is 2.71. The molecule has 30 heavy (non-hydrogen) atoms. The molecule has 1 aromatic carbocycles. The van der Waals surface area contributed by atoms with Crippen LogP contribution in [0.2, 0.25) is 5.02 Å². The Hall–Kier alpha value is -2.58. The fourth-order valence-corrected chi connectivity index (χ4v) is 3.97. The number of nitrogens with one attached hydrogen (secondary N) is 1. The number of amides is 3. The lowest BCUT2D eigenvalue weighted by Gasteiger charge is -2.39. The van der Waals surface area contributed by atoms with E-state index >= 15 is 0 Å². The molecule has 1 unspecified atom stereocenters. The van der Waals surface area contributed by atoms with Gasteiger partial charge in [0.15, 0.2) is 0 Å². The Balaban J connectivity index is 1.96. The molecule has 0 aromatic heterocycles. The number of hydrogen-bond acceptors (Lipinski definition) is 5. The van der Waals surface area contributed by atoms with Gasteiger partial charge in [-0.1, -0.05) is 23.7 Å². The van der Waals surface area contributed by atoms with E-state index in [-0.39, 0.29) is 18.5 Å². The number of likely N-dealkylation sites (N-methyl/N-ethyl adjacent to an activating group) is 1. The van der Waals surface area contributed by atoms with Gasteiger partial charge < -0.3 is 15.0 Å². The van der Waals surface area contributed by atoms with Crippen LogP contribution >= 0.6 is 11.6 Å². The van der Waals surface area contributed by atoms with E-state index in [0.717, 1.165) is 0 Å². The Labute approximate surface area is 181 Å². The molecular formula is C21H27ClN4O4. The molecule has 1 fully saturated rings. The third kappa shape index (κ3) is 4.76. The summed E-state index contributed by atoms with van der Waals surface area (Å²) in [5, 5.41) is 3.41. The molecule has 1 saturated heterocycles. The largest absolute Gasteiger partial charge is 0.463 e. The summed E-state index contributed by atoms with van der Waals surface area (Å²) in [4.78, 5) is 42.6. The SMILES string of the molecule is CCOC(=O)C1=C(CN2CCN(C(C)=O)CC2)N(C)C(=O)NC1c1cccc(Cl)c1. The molecule has 8 nitrogen and oxygen atoms in total. The van der Waals surface area contributed by atoms with Crippen LogP contribution in [0.3, 0.4) is 0 Å². The van der Waals surface area contributed by atoms with Crippen LogP contribution in [0.5, 0.6) is 0 Å². The van der Waals surface area contributed by atoms with Crippen molar-refractivity contribution >= 4 is 29.5 Å². The van der Waals surface area contributed by atoms with E-state index in [1.54, 1.807) is 44.0 Å². The Morgan fingerprint density at radius 2 is 1.93 bits per heavy atom. The second-order valence-electron chi connectivity index (χ2n) is 7.36. The molecule has 2 aliphatic rings. The lowest BCUT2D eigenvalue weighted by molar-refractivity contribution is -0.139. The highest BCUT2D eigenvalue weighted by atomic mass is 35.5. The quantitative estimate of drug-likeness (QED) is 0.717. The highest BCUT2D eigenvalue weighted by Gasteiger charge is 2.37. The average molecular weight is 435 g/mol. The van der Waals surface area contributed by atoms with E-state index in [1.807, 2.05) is 6.07 Å². The first-order valence-electron chi connectivity index (χ1n) is 9.99. The minimum atomic E-state index is -0.653. The van der Waals surface area contributed by atoms with Crippen LogP contribution in [0.25, 0.3) is 0 Å². The van der Waals surface area contributed by atoms with Gasteiger partial charge in [0.05, 0.1) is 18.2 Å². The van der Waals surface area contributed by atoms with Crippen molar-refractivity contribution in [2.75, 3.05) is 46.4 Å². The third-order valence-electron chi connectivity index (χ3n) is 5.45. The highest BCUT2D eigenvalue weighted by Crippen LogP contribution is 2.32. The molecule has 2 aliphatic heterocycles. The molecule has 2 heterocycles.